The third-order valence-electron chi connectivity index (χ3n) is 9.08. The Hall–Kier alpha value is -5.20. The average molecular weight is 789 g/mol. The van der Waals surface area contributed by atoms with Crippen molar-refractivity contribution in [2.24, 2.45) is 11.5 Å². The van der Waals surface area contributed by atoms with Crippen LogP contribution in [0.25, 0.3) is 0 Å². The van der Waals surface area contributed by atoms with E-state index in [2.05, 4.69) is 97.0 Å². The van der Waals surface area contributed by atoms with Crippen LogP contribution in [0.2, 0.25) is 0 Å². The number of nitrogens with zero attached hydrogens (tertiary/aromatic N) is 6. The van der Waals surface area contributed by atoms with Crippen molar-refractivity contribution in [1.29, 1.82) is 0 Å². The van der Waals surface area contributed by atoms with Crippen molar-refractivity contribution in [2.75, 3.05) is 11.5 Å². The first-order chi connectivity index (χ1) is 26.9. The lowest BCUT2D eigenvalue weighted by atomic mass is 10.0. The molecule has 0 aliphatic rings. The van der Waals surface area contributed by atoms with Crippen LogP contribution in [-0.2, 0) is 48.4 Å². The Morgan fingerprint density at radius 3 is 1.38 bits per heavy atom. The van der Waals surface area contributed by atoms with E-state index in [-0.39, 0.29) is 23.3 Å². The molecule has 10 nitrogen and oxygen atoms in total. The van der Waals surface area contributed by atoms with Gasteiger partial charge in [-0.3, -0.25) is 19.6 Å². The first-order valence-corrected chi connectivity index (χ1v) is 20.8. The fraction of sp³-hybridized carbons (Fsp3) is 0.318. The van der Waals surface area contributed by atoms with Gasteiger partial charge in [0.1, 0.15) is 0 Å². The highest BCUT2D eigenvalue weighted by Gasteiger charge is 2.20. The highest BCUT2D eigenvalue weighted by atomic mass is 32.2. The van der Waals surface area contributed by atoms with Crippen molar-refractivity contribution in [3.8, 4) is 0 Å². The van der Waals surface area contributed by atoms with Crippen molar-refractivity contribution in [1.82, 2.24) is 29.1 Å². The summed E-state index contributed by atoms with van der Waals surface area (Å²) in [5.74, 6) is -0.228. The summed E-state index contributed by atoms with van der Waals surface area (Å²) < 4.78 is 4.43. The van der Waals surface area contributed by atoms with E-state index in [1.54, 1.807) is 24.8 Å². The van der Waals surface area contributed by atoms with E-state index in [1.807, 2.05) is 24.3 Å². The van der Waals surface area contributed by atoms with E-state index >= 15 is 0 Å². The molecule has 0 atom stereocenters. The van der Waals surface area contributed by atoms with Gasteiger partial charge in [0.05, 0.1) is 22.9 Å². The van der Waals surface area contributed by atoms with Gasteiger partial charge in [-0.05, 0) is 87.1 Å². The molecule has 2 amide bonds. The van der Waals surface area contributed by atoms with Crippen LogP contribution in [0.1, 0.15) is 81.1 Å². The molecule has 0 unspecified atom stereocenters. The van der Waals surface area contributed by atoms with Crippen molar-refractivity contribution >= 4 is 35.3 Å². The molecule has 0 spiro atoms. The summed E-state index contributed by atoms with van der Waals surface area (Å²) in [7, 11) is 0. The number of amides is 2. The summed E-state index contributed by atoms with van der Waals surface area (Å²) in [6, 6.07) is 21.3. The Morgan fingerprint density at radius 2 is 0.964 bits per heavy atom. The molecule has 0 bridgehead atoms. The van der Waals surface area contributed by atoms with Gasteiger partial charge in [0.25, 0.3) is 0 Å². The van der Waals surface area contributed by atoms with Crippen molar-refractivity contribution < 1.29 is 9.59 Å². The highest BCUT2D eigenvalue weighted by Crippen LogP contribution is 2.28. The standard InChI is InChI=1S/2C22H26N4OS/c1-4-20-19(12-18-10-15(2)9-16(3)11-18)25-22(28-14-21(23)27)26(20)13-17-5-7-24-8-6-17;1-4-19-20(12-18-10-15(2)9-16(3)11-18)26(13-17-5-7-24-8-6-17)22(25-19)28-14-21(23)27/h2*5-11H,4,12-14H2,1-3H3,(H2,23,27). The Labute approximate surface area is 339 Å². The van der Waals surface area contributed by atoms with E-state index in [0.717, 1.165) is 58.5 Å². The lowest BCUT2D eigenvalue weighted by molar-refractivity contribution is -0.116. The molecule has 12 heteroatoms. The molecule has 0 fully saturated rings. The summed E-state index contributed by atoms with van der Waals surface area (Å²) in [5.41, 5.74) is 25.1. The summed E-state index contributed by atoms with van der Waals surface area (Å²) in [4.78, 5) is 40.6. The average Bonchev–Trinajstić information content (AvgIpc) is 3.65. The number of carbonyl (C=O) groups is 2. The summed E-state index contributed by atoms with van der Waals surface area (Å²) in [5, 5.41) is 1.68. The Balaban J connectivity index is 0.000000214. The Morgan fingerprint density at radius 1 is 0.554 bits per heavy atom. The molecule has 0 radical (unpaired) electrons. The maximum absolute atomic E-state index is 11.3. The quantitative estimate of drug-likeness (QED) is 0.0969. The second-order valence-electron chi connectivity index (χ2n) is 14.0. The highest BCUT2D eigenvalue weighted by molar-refractivity contribution is 8.00. The molecule has 0 saturated heterocycles. The van der Waals surface area contributed by atoms with Gasteiger partial charge in [0.2, 0.25) is 11.8 Å². The second-order valence-corrected chi connectivity index (χ2v) is 15.9. The zero-order valence-electron chi connectivity index (χ0n) is 33.2. The summed E-state index contributed by atoms with van der Waals surface area (Å²) in [6.45, 7) is 14.1. The fourth-order valence-corrected chi connectivity index (χ4v) is 8.48. The van der Waals surface area contributed by atoms with Crippen LogP contribution in [0.15, 0.2) is 95.8 Å². The third kappa shape index (κ3) is 11.9. The SMILES string of the molecule is CCc1c(Cc2cc(C)cc(C)c2)nc(SCC(N)=O)n1Cc1ccncc1.CCc1nc(SCC(N)=O)n(Cc2ccncc2)c1Cc1cc(C)cc(C)c1. The molecule has 292 valence electrons. The van der Waals surface area contributed by atoms with Crippen LogP contribution in [0.3, 0.4) is 0 Å². The normalized spacial score (nSPS) is 11.0. The summed E-state index contributed by atoms with van der Waals surface area (Å²) in [6.07, 6.45) is 10.5. The fourth-order valence-electron chi connectivity index (χ4n) is 6.93. The lowest BCUT2D eigenvalue weighted by Crippen LogP contribution is -2.14. The van der Waals surface area contributed by atoms with Crippen LogP contribution < -0.4 is 11.5 Å². The van der Waals surface area contributed by atoms with Gasteiger partial charge in [-0.2, -0.15) is 0 Å². The van der Waals surface area contributed by atoms with E-state index in [9.17, 15) is 9.59 Å². The van der Waals surface area contributed by atoms with E-state index in [4.69, 9.17) is 21.4 Å². The predicted molar refractivity (Wildman–Crippen MR) is 227 cm³/mol. The number of aromatic nitrogens is 6. The summed E-state index contributed by atoms with van der Waals surface area (Å²) >= 11 is 2.81. The molecule has 0 aliphatic heterocycles. The molecule has 6 rings (SSSR count). The molecule has 56 heavy (non-hydrogen) atoms. The topological polar surface area (TPSA) is 148 Å². The number of rotatable bonds is 16. The van der Waals surface area contributed by atoms with Gasteiger partial charge in [-0.25, -0.2) is 9.97 Å². The number of imidazole rings is 2. The van der Waals surface area contributed by atoms with Crippen LogP contribution in [0, 0.1) is 27.7 Å². The number of carbonyl (C=O) groups excluding carboxylic acids is 2. The predicted octanol–water partition coefficient (Wildman–Crippen LogP) is 7.35. The number of pyridine rings is 2. The number of hydrogen-bond donors (Lipinski definition) is 2. The number of thioether (sulfide) groups is 2. The lowest BCUT2D eigenvalue weighted by Gasteiger charge is -2.13. The van der Waals surface area contributed by atoms with Crippen molar-refractivity contribution in [3.63, 3.8) is 0 Å². The molecule has 4 aromatic heterocycles. The number of aryl methyl sites for hydroxylation is 5. The van der Waals surface area contributed by atoms with Gasteiger partial charge < -0.3 is 20.6 Å². The molecule has 4 N–H and O–H groups in total. The second kappa shape index (κ2) is 20.1. The minimum absolute atomic E-state index is 0.222. The maximum atomic E-state index is 11.3. The molecule has 4 heterocycles. The number of nitrogens with two attached hydrogens (primary N) is 2. The third-order valence-corrected chi connectivity index (χ3v) is 11.1. The maximum Gasteiger partial charge on any atom is 0.227 e. The number of primary amides is 2. The van der Waals surface area contributed by atoms with Crippen LogP contribution in [-0.4, -0.2) is 52.4 Å². The molecular weight excluding hydrogens is 737 g/mol. The van der Waals surface area contributed by atoms with Gasteiger partial charge in [-0.15, -0.1) is 0 Å². The molecule has 2 aromatic carbocycles. The van der Waals surface area contributed by atoms with Crippen LogP contribution in [0.4, 0.5) is 0 Å². The van der Waals surface area contributed by atoms with Gasteiger partial charge in [0.15, 0.2) is 10.3 Å². The number of hydrogen-bond acceptors (Lipinski definition) is 8. The van der Waals surface area contributed by atoms with Crippen LogP contribution in [0.5, 0.6) is 0 Å². The van der Waals surface area contributed by atoms with Crippen molar-refractivity contribution in [2.45, 2.75) is 90.6 Å². The van der Waals surface area contributed by atoms with Gasteiger partial charge in [0, 0.05) is 62.1 Å². The van der Waals surface area contributed by atoms with Crippen LogP contribution >= 0.6 is 23.5 Å². The Bertz CT molecular complexity index is 2190. The first kappa shape index (κ1) is 42.0. The minimum Gasteiger partial charge on any atom is -0.369 e. The van der Waals surface area contributed by atoms with E-state index in [0.29, 0.717) is 13.1 Å². The molecule has 6 aromatic rings. The number of benzene rings is 2. The van der Waals surface area contributed by atoms with Crippen molar-refractivity contribution in [3.05, 3.63) is 153 Å². The van der Waals surface area contributed by atoms with E-state index < -0.39 is 0 Å². The minimum atomic E-state index is -0.336. The van der Waals surface area contributed by atoms with Gasteiger partial charge in [-0.1, -0.05) is 96.0 Å². The van der Waals surface area contributed by atoms with E-state index in [1.165, 1.54) is 68.3 Å². The molecule has 0 saturated carbocycles. The molecule has 0 aliphatic carbocycles. The zero-order valence-corrected chi connectivity index (χ0v) is 34.8. The molecular formula is C44H52N8O2S2. The zero-order chi connectivity index (χ0) is 40.2. The smallest absolute Gasteiger partial charge is 0.227 e. The Kier molecular flexibility index (Phi) is 15.1. The monoisotopic (exact) mass is 788 g/mol. The largest absolute Gasteiger partial charge is 0.369 e. The van der Waals surface area contributed by atoms with Gasteiger partial charge >= 0.3 is 0 Å². The first-order valence-electron chi connectivity index (χ1n) is 18.8.